The van der Waals surface area contributed by atoms with Crippen LogP contribution >= 0.6 is 11.6 Å². The van der Waals surface area contributed by atoms with E-state index >= 15 is 0 Å². The lowest BCUT2D eigenvalue weighted by Crippen LogP contribution is -1.92. The van der Waals surface area contributed by atoms with E-state index in [1.807, 2.05) is 33.0 Å². The summed E-state index contributed by atoms with van der Waals surface area (Å²) in [5.74, 6) is 1.07. The van der Waals surface area contributed by atoms with Crippen molar-refractivity contribution in [3.05, 3.63) is 34.5 Å². The number of anilines is 1. The predicted octanol–water partition coefficient (Wildman–Crippen LogP) is 3.69. The molecule has 0 aliphatic carbocycles. The largest absolute Gasteiger partial charge is 0.381 e. The lowest BCUT2D eigenvalue weighted by molar-refractivity contribution is 0.436. The Balaban J connectivity index is 2.44. The zero-order valence-corrected chi connectivity index (χ0v) is 11.7. The lowest BCUT2D eigenvalue weighted by Gasteiger charge is -2.03. The van der Waals surface area contributed by atoms with Crippen molar-refractivity contribution < 1.29 is 4.52 Å². The quantitative estimate of drug-likeness (QED) is 0.737. The van der Waals surface area contributed by atoms with Crippen LogP contribution in [0.3, 0.4) is 0 Å². The van der Waals surface area contributed by atoms with Crippen molar-refractivity contribution in [1.29, 1.82) is 0 Å². The number of rotatable bonds is 1. The summed E-state index contributed by atoms with van der Waals surface area (Å²) in [5.41, 5.74) is 9.91. The third-order valence-corrected chi connectivity index (χ3v) is 4.02. The molecule has 2 N–H and O–H groups in total. The van der Waals surface area contributed by atoms with Gasteiger partial charge in [-0.3, -0.25) is 0 Å². The maximum Gasteiger partial charge on any atom is 0.171 e. The van der Waals surface area contributed by atoms with Crippen LogP contribution in [0.4, 0.5) is 5.82 Å². The van der Waals surface area contributed by atoms with Crippen LogP contribution in [0.2, 0.25) is 5.02 Å². The molecule has 0 aliphatic rings. The second kappa shape index (κ2) is 4.03. The molecule has 0 saturated heterocycles. The molecule has 0 amide bonds. The molecule has 0 unspecified atom stereocenters. The highest BCUT2D eigenvalue weighted by atomic mass is 35.5. The first-order valence-corrected chi connectivity index (χ1v) is 6.35. The minimum Gasteiger partial charge on any atom is -0.381 e. The van der Waals surface area contributed by atoms with E-state index in [1.165, 1.54) is 0 Å². The highest BCUT2D eigenvalue weighted by Crippen LogP contribution is 2.37. The van der Waals surface area contributed by atoms with E-state index in [2.05, 4.69) is 9.72 Å². The number of aromatic nitrogens is 2. The molecule has 3 rings (SSSR count). The molecular formula is C14H14ClN3O. The van der Waals surface area contributed by atoms with Crippen LogP contribution in [-0.2, 0) is 7.05 Å². The van der Waals surface area contributed by atoms with Crippen molar-refractivity contribution in [2.24, 2.45) is 7.05 Å². The van der Waals surface area contributed by atoms with Crippen LogP contribution in [-0.4, -0.2) is 9.72 Å². The molecule has 2 aromatic heterocycles. The van der Waals surface area contributed by atoms with E-state index < -0.39 is 0 Å². The molecule has 0 saturated carbocycles. The van der Waals surface area contributed by atoms with Gasteiger partial charge in [0.05, 0.1) is 5.52 Å². The van der Waals surface area contributed by atoms with Gasteiger partial charge in [-0.15, -0.1) is 0 Å². The number of halogens is 1. The predicted molar refractivity (Wildman–Crippen MR) is 77.3 cm³/mol. The van der Waals surface area contributed by atoms with E-state index in [0.717, 1.165) is 32.7 Å². The first-order valence-electron chi connectivity index (χ1n) is 5.97. The smallest absolute Gasteiger partial charge is 0.171 e. The minimum absolute atomic E-state index is 0.386. The van der Waals surface area contributed by atoms with E-state index in [0.29, 0.717) is 11.6 Å². The second-order valence-electron chi connectivity index (χ2n) is 4.70. The Labute approximate surface area is 115 Å². The van der Waals surface area contributed by atoms with Crippen LogP contribution in [0, 0.1) is 13.8 Å². The SMILES string of the molecule is Cc1c(Cl)ccc2c(-c3cc(N)no3)c(C)n(C)c12. The summed E-state index contributed by atoms with van der Waals surface area (Å²) in [6.45, 7) is 4.06. The standard InChI is InChI=1S/C14H14ClN3O/c1-7-10(15)5-4-9-13(8(2)18(3)14(7)9)11-6-12(16)17-19-11/h4-6H,1-3H3,(H2,16,17). The maximum atomic E-state index is 6.20. The van der Waals surface area contributed by atoms with Crippen molar-refractivity contribution in [2.75, 3.05) is 5.73 Å². The summed E-state index contributed by atoms with van der Waals surface area (Å²) < 4.78 is 7.42. The van der Waals surface area contributed by atoms with Gasteiger partial charge in [0, 0.05) is 34.8 Å². The zero-order chi connectivity index (χ0) is 13.7. The number of benzene rings is 1. The number of aryl methyl sites for hydroxylation is 2. The second-order valence-corrected chi connectivity index (χ2v) is 5.11. The normalized spacial score (nSPS) is 11.4. The molecule has 0 aliphatic heterocycles. The first-order chi connectivity index (χ1) is 9.00. The third-order valence-electron chi connectivity index (χ3n) is 3.61. The number of fused-ring (bicyclic) bond motifs is 1. The Morgan fingerprint density at radius 2 is 2.05 bits per heavy atom. The monoisotopic (exact) mass is 275 g/mol. The van der Waals surface area contributed by atoms with Gasteiger partial charge in [0.1, 0.15) is 0 Å². The number of hydrogen-bond acceptors (Lipinski definition) is 3. The van der Waals surface area contributed by atoms with Crippen molar-refractivity contribution in [2.45, 2.75) is 13.8 Å². The van der Waals surface area contributed by atoms with Gasteiger partial charge in [-0.1, -0.05) is 22.8 Å². The number of nitrogens with zero attached hydrogens (tertiary/aromatic N) is 2. The van der Waals surface area contributed by atoms with Gasteiger partial charge in [-0.25, -0.2) is 0 Å². The summed E-state index contributed by atoms with van der Waals surface area (Å²) in [5, 5.41) is 5.61. The minimum atomic E-state index is 0.386. The van der Waals surface area contributed by atoms with Crippen LogP contribution < -0.4 is 5.73 Å². The molecule has 4 nitrogen and oxygen atoms in total. The molecule has 98 valence electrons. The summed E-state index contributed by atoms with van der Waals surface area (Å²) in [6, 6.07) is 5.65. The van der Waals surface area contributed by atoms with Gasteiger partial charge in [-0.2, -0.15) is 0 Å². The molecule has 0 radical (unpaired) electrons. The molecule has 1 aromatic carbocycles. The topological polar surface area (TPSA) is 57.0 Å². The third kappa shape index (κ3) is 1.64. The van der Waals surface area contributed by atoms with Crippen molar-refractivity contribution in [1.82, 2.24) is 9.72 Å². The van der Waals surface area contributed by atoms with Gasteiger partial charge >= 0.3 is 0 Å². The van der Waals surface area contributed by atoms with E-state index in [4.69, 9.17) is 21.9 Å². The molecular weight excluding hydrogens is 262 g/mol. The average Bonchev–Trinajstić information content (AvgIpc) is 2.89. The fraction of sp³-hybridized carbons (Fsp3) is 0.214. The highest BCUT2D eigenvalue weighted by molar-refractivity contribution is 6.32. The summed E-state index contributed by atoms with van der Waals surface area (Å²) in [7, 11) is 2.02. The van der Waals surface area contributed by atoms with Gasteiger partial charge in [0.25, 0.3) is 0 Å². The highest BCUT2D eigenvalue weighted by Gasteiger charge is 2.19. The summed E-state index contributed by atoms with van der Waals surface area (Å²) >= 11 is 6.20. The van der Waals surface area contributed by atoms with E-state index in [-0.39, 0.29) is 0 Å². The maximum absolute atomic E-state index is 6.20. The molecule has 2 heterocycles. The molecule has 0 fully saturated rings. The van der Waals surface area contributed by atoms with E-state index in [9.17, 15) is 0 Å². The molecule has 0 bridgehead atoms. The van der Waals surface area contributed by atoms with Gasteiger partial charge in [0.15, 0.2) is 11.6 Å². The zero-order valence-electron chi connectivity index (χ0n) is 11.0. The van der Waals surface area contributed by atoms with Crippen LogP contribution in [0.15, 0.2) is 22.7 Å². The summed E-state index contributed by atoms with van der Waals surface area (Å²) in [6.07, 6.45) is 0. The number of nitrogen functional groups attached to an aromatic ring is 1. The Kier molecular flexibility index (Phi) is 2.57. The first kappa shape index (κ1) is 12.1. The van der Waals surface area contributed by atoms with Crippen molar-refractivity contribution in [3.63, 3.8) is 0 Å². The average molecular weight is 276 g/mol. The van der Waals surface area contributed by atoms with Crippen molar-refractivity contribution in [3.8, 4) is 11.3 Å². The molecule has 5 heteroatoms. The van der Waals surface area contributed by atoms with Gasteiger partial charge in [-0.05, 0) is 25.5 Å². The Bertz CT molecular complexity index is 786. The Hall–Kier alpha value is -1.94. The summed E-state index contributed by atoms with van der Waals surface area (Å²) in [4.78, 5) is 0. The van der Waals surface area contributed by atoms with E-state index in [1.54, 1.807) is 6.07 Å². The van der Waals surface area contributed by atoms with Gasteiger partial charge in [0.2, 0.25) is 0 Å². The Morgan fingerprint density at radius 1 is 1.32 bits per heavy atom. The van der Waals surface area contributed by atoms with Gasteiger partial charge < -0.3 is 14.8 Å². The van der Waals surface area contributed by atoms with Crippen LogP contribution in [0.1, 0.15) is 11.3 Å². The molecule has 0 atom stereocenters. The lowest BCUT2D eigenvalue weighted by atomic mass is 10.1. The molecule has 0 spiro atoms. The van der Waals surface area contributed by atoms with Crippen LogP contribution in [0.25, 0.3) is 22.2 Å². The fourth-order valence-corrected chi connectivity index (χ4v) is 2.71. The Morgan fingerprint density at radius 3 is 2.68 bits per heavy atom. The van der Waals surface area contributed by atoms with Crippen molar-refractivity contribution >= 4 is 28.3 Å². The van der Waals surface area contributed by atoms with Crippen LogP contribution in [0.5, 0.6) is 0 Å². The number of hydrogen-bond donors (Lipinski definition) is 1. The molecule has 19 heavy (non-hydrogen) atoms. The molecule has 3 aromatic rings. The fourth-order valence-electron chi connectivity index (χ4n) is 2.56. The number of nitrogens with two attached hydrogens (primary N) is 1.